The second-order valence-corrected chi connectivity index (χ2v) is 5.61. The predicted molar refractivity (Wildman–Crippen MR) is 68.3 cm³/mol. The summed E-state index contributed by atoms with van der Waals surface area (Å²) in [7, 11) is 1.51. The molecule has 1 amide bonds. The average Bonchev–Trinajstić information content (AvgIpc) is 2.72. The zero-order chi connectivity index (χ0) is 13.8. The van der Waals surface area contributed by atoms with Gasteiger partial charge in [-0.05, 0) is 0 Å². The van der Waals surface area contributed by atoms with Crippen molar-refractivity contribution in [3.05, 3.63) is 23.8 Å². The van der Waals surface area contributed by atoms with Gasteiger partial charge in [-0.2, -0.15) is 0 Å². The Morgan fingerprint density at radius 2 is 2.32 bits per heavy atom. The van der Waals surface area contributed by atoms with E-state index in [1.807, 2.05) is 18.2 Å². The standard InChI is InChI=1S/C12H10N2O4Se/c1-16-6-17-8-3-2-4-9-10(8)7(5-13)11(19-9)18-12(14)15/h2-4H,6H2,1H3,(H2,14,15). The molecule has 0 aliphatic heterocycles. The van der Waals surface area contributed by atoms with E-state index >= 15 is 0 Å². The van der Waals surface area contributed by atoms with Gasteiger partial charge in [0.15, 0.2) is 0 Å². The molecule has 0 saturated carbocycles. The SMILES string of the molecule is COCOc1cccc2[se]c(OC(N)=O)c(C#N)c12. The Kier molecular flexibility index (Phi) is 4.07. The van der Waals surface area contributed by atoms with Crippen molar-refractivity contribution < 1.29 is 19.0 Å². The third kappa shape index (κ3) is 2.71. The average molecular weight is 325 g/mol. The van der Waals surface area contributed by atoms with Crippen LogP contribution in [0.15, 0.2) is 18.2 Å². The minimum absolute atomic E-state index is 0.0776. The molecule has 0 saturated heterocycles. The Morgan fingerprint density at radius 1 is 1.53 bits per heavy atom. The molecule has 19 heavy (non-hydrogen) atoms. The number of nitrogens with zero attached hydrogens (tertiary/aromatic N) is 1. The number of methoxy groups -OCH3 is 1. The summed E-state index contributed by atoms with van der Waals surface area (Å²) in [5, 5.41) is 9.88. The number of ether oxygens (including phenoxy) is 3. The summed E-state index contributed by atoms with van der Waals surface area (Å²) in [6.07, 6.45) is -0.920. The van der Waals surface area contributed by atoms with Gasteiger partial charge in [0.1, 0.15) is 0 Å². The monoisotopic (exact) mass is 326 g/mol. The maximum absolute atomic E-state index is 10.8. The summed E-state index contributed by atoms with van der Waals surface area (Å²) >= 11 is -0.276. The van der Waals surface area contributed by atoms with E-state index in [0.29, 0.717) is 21.3 Å². The molecule has 1 heterocycles. The minimum atomic E-state index is -0.920. The van der Waals surface area contributed by atoms with E-state index in [-0.39, 0.29) is 21.3 Å². The van der Waals surface area contributed by atoms with Gasteiger partial charge in [0, 0.05) is 0 Å². The van der Waals surface area contributed by atoms with Gasteiger partial charge in [0.25, 0.3) is 0 Å². The Morgan fingerprint density at radius 3 is 2.95 bits per heavy atom. The summed E-state index contributed by atoms with van der Waals surface area (Å²) in [5.41, 5.74) is 5.29. The fourth-order valence-corrected chi connectivity index (χ4v) is 3.75. The molecule has 0 radical (unpaired) electrons. The number of carbonyl (C=O) groups excluding carboxylic acids is 1. The van der Waals surface area contributed by atoms with Crippen LogP contribution in [0, 0.1) is 11.3 Å². The molecule has 2 rings (SSSR count). The molecular weight excluding hydrogens is 315 g/mol. The summed E-state index contributed by atoms with van der Waals surface area (Å²) in [5.74, 6) is 0.529. The Hall–Kier alpha value is -2.00. The fourth-order valence-electron chi connectivity index (χ4n) is 1.60. The molecule has 0 fully saturated rings. The number of hydrogen-bond donors (Lipinski definition) is 1. The number of nitriles is 1. The van der Waals surface area contributed by atoms with Gasteiger partial charge < -0.3 is 0 Å². The van der Waals surface area contributed by atoms with Crippen molar-refractivity contribution in [2.45, 2.75) is 0 Å². The molecule has 2 aromatic rings. The number of nitrogens with two attached hydrogens (primary N) is 1. The van der Waals surface area contributed by atoms with E-state index in [1.165, 1.54) is 7.11 Å². The molecule has 0 spiro atoms. The summed E-state index contributed by atoms with van der Waals surface area (Å²) in [6, 6.07) is 7.45. The first-order valence-corrected chi connectivity index (χ1v) is 6.93. The van der Waals surface area contributed by atoms with E-state index in [1.54, 1.807) is 6.07 Å². The Bertz CT molecular complexity index is 660. The van der Waals surface area contributed by atoms with Crippen LogP contribution in [0.1, 0.15) is 5.56 Å². The third-order valence-corrected chi connectivity index (χ3v) is 4.45. The van der Waals surface area contributed by atoms with Crippen molar-refractivity contribution in [3.63, 3.8) is 0 Å². The number of rotatable bonds is 4. The molecule has 1 aromatic heterocycles. The van der Waals surface area contributed by atoms with Crippen molar-refractivity contribution in [2.75, 3.05) is 13.9 Å². The van der Waals surface area contributed by atoms with Crippen LogP contribution in [0.3, 0.4) is 0 Å². The zero-order valence-electron chi connectivity index (χ0n) is 10.0. The van der Waals surface area contributed by atoms with Crippen LogP contribution >= 0.6 is 0 Å². The van der Waals surface area contributed by atoms with E-state index < -0.39 is 6.09 Å². The number of benzene rings is 1. The van der Waals surface area contributed by atoms with Crippen LogP contribution in [0.5, 0.6) is 10.4 Å². The van der Waals surface area contributed by atoms with E-state index in [4.69, 9.17) is 19.9 Å². The van der Waals surface area contributed by atoms with E-state index in [2.05, 4.69) is 0 Å². The molecule has 0 bridgehead atoms. The quantitative estimate of drug-likeness (QED) is 0.673. The topological polar surface area (TPSA) is 94.6 Å². The number of primary amides is 1. The van der Waals surface area contributed by atoms with Gasteiger partial charge >= 0.3 is 114 Å². The molecule has 0 unspecified atom stereocenters. The first-order chi connectivity index (χ1) is 9.17. The van der Waals surface area contributed by atoms with Crippen LogP contribution < -0.4 is 15.2 Å². The van der Waals surface area contributed by atoms with Crippen LogP contribution in [-0.4, -0.2) is 34.5 Å². The number of carbonyl (C=O) groups is 1. The Balaban J connectivity index is 2.57. The van der Waals surface area contributed by atoms with Crippen LogP contribution in [0.25, 0.3) is 9.65 Å². The first kappa shape index (κ1) is 13.4. The zero-order valence-corrected chi connectivity index (χ0v) is 11.7. The summed E-state index contributed by atoms with van der Waals surface area (Å²) < 4.78 is 16.4. The van der Waals surface area contributed by atoms with Crippen molar-refractivity contribution in [3.8, 4) is 16.4 Å². The normalized spacial score (nSPS) is 10.1. The van der Waals surface area contributed by atoms with E-state index in [9.17, 15) is 10.1 Å². The van der Waals surface area contributed by atoms with Gasteiger partial charge in [0.2, 0.25) is 0 Å². The van der Waals surface area contributed by atoms with Crippen molar-refractivity contribution in [1.29, 1.82) is 5.26 Å². The van der Waals surface area contributed by atoms with Gasteiger partial charge in [-0.1, -0.05) is 0 Å². The first-order valence-electron chi connectivity index (χ1n) is 5.22. The second-order valence-electron chi connectivity index (χ2n) is 3.48. The third-order valence-electron chi connectivity index (χ3n) is 2.28. The second kappa shape index (κ2) is 5.76. The molecule has 6 nitrogen and oxygen atoms in total. The molecule has 0 aliphatic rings. The van der Waals surface area contributed by atoms with Gasteiger partial charge in [0.05, 0.1) is 0 Å². The van der Waals surface area contributed by atoms with E-state index in [0.717, 1.165) is 4.26 Å². The summed E-state index contributed by atoms with van der Waals surface area (Å²) in [6.45, 7) is 0.0776. The summed E-state index contributed by atoms with van der Waals surface area (Å²) in [4.78, 5) is 10.8. The van der Waals surface area contributed by atoms with Crippen LogP contribution in [0.4, 0.5) is 4.79 Å². The van der Waals surface area contributed by atoms with Crippen molar-refractivity contribution in [2.24, 2.45) is 5.73 Å². The molecule has 7 heteroatoms. The number of amides is 1. The molecule has 98 valence electrons. The van der Waals surface area contributed by atoms with Crippen molar-refractivity contribution >= 4 is 30.2 Å². The predicted octanol–water partition coefficient (Wildman–Crippen LogP) is 1.21. The number of fused-ring (bicyclic) bond motifs is 1. The molecule has 2 N–H and O–H groups in total. The van der Waals surface area contributed by atoms with Crippen LogP contribution in [-0.2, 0) is 4.74 Å². The molecule has 0 aliphatic carbocycles. The molecule has 1 aromatic carbocycles. The number of hydrogen-bond acceptors (Lipinski definition) is 5. The van der Waals surface area contributed by atoms with Crippen LogP contribution in [0.2, 0.25) is 0 Å². The fraction of sp³-hybridized carbons (Fsp3) is 0.167. The van der Waals surface area contributed by atoms with Gasteiger partial charge in [-0.25, -0.2) is 0 Å². The van der Waals surface area contributed by atoms with Gasteiger partial charge in [-0.3, -0.25) is 0 Å². The molecular formula is C12H10N2O4Se. The maximum atomic E-state index is 10.8. The Labute approximate surface area is 115 Å². The molecule has 0 atom stereocenters. The van der Waals surface area contributed by atoms with Gasteiger partial charge in [-0.15, -0.1) is 0 Å². The van der Waals surface area contributed by atoms with Crippen molar-refractivity contribution in [1.82, 2.24) is 0 Å².